The van der Waals surface area contributed by atoms with Crippen molar-refractivity contribution in [1.82, 2.24) is 20.2 Å². The van der Waals surface area contributed by atoms with Crippen molar-refractivity contribution in [1.29, 1.82) is 0 Å². The Morgan fingerprint density at radius 3 is 2.62 bits per heavy atom. The Morgan fingerprint density at radius 1 is 1.62 bits per heavy atom. The molecule has 1 unspecified atom stereocenters. The SMILES string of the molecule is Cn1nnnc1SC(CC(=O)O)C(F)(F)F. The van der Waals surface area contributed by atoms with Gasteiger partial charge in [-0.15, -0.1) is 5.10 Å². The molecule has 0 fully saturated rings. The van der Waals surface area contributed by atoms with E-state index < -0.39 is 23.8 Å². The zero-order valence-corrected chi connectivity index (χ0v) is 8.79. The van der Waals surface area contributed by atoms with Gasteiger partial charge in [-0.05, 0) is 10.4 Å². The van der Waals surface area contributed by atoms with Gasteiger partial charge in [-0.3, -0.25) is 4.79 Å². The van der Waals surface area contributed by atoms with Crippen LogP contribution in [-0.2, 0) is 11.8 Å². The Balaban J connectivity index is 2.79. The Hall–Kier alpha value is -1.32. The second-order valence-corrected chi connectivity index (χ2v) is 4.00. The molecular formula is C6H7F3N4O2S. The Labute approximate surface area is 91.8 Å². The number of halogens is 3. The van der Waals surface area contributed by atoms with Crippen molar-refractivity contribution in [3.8, 4) is 0 Å². The molecule has 1 rings (SSSR count). The number of aryl methyl sites for hydroxylation is 1. The molecular weight excluding hydrogens is 249 g/mol. The number of carboxylic acid groups (broad SMARTS) is 1. The summed E-state index contributed by atoms with van der Waals surface area (Å²) in [5.74, 6) is -1.52. The van der Waals surface area contributed by atoms with Crippen molar-refractivity contribution in [3.63, 3.8) is 0 Å². The lowest BCUT2D eigenvalue weighted by molar-refractivity contribution is -0.149. The zero-order chi connectivity index (χ0) is 12.3. The number of aliphatic carboxylic acids is 1. The van der Waals surface area contributed by atoms with E-state index in [1.54, 1.807) is 0 Å². The molecule has 10 heteroatoms. The number of alkyl halides is 3. The Morgan fingerprint density at radius 2 is 2.25 bits per heavy atom. The third-order valence-electron chi connectivity index (χ3n) is 1.55. The number of hydrogen-bond donors (Lipinski definition) is 1. The molecule has 0 aliphatic rings. The number of hydrogen-bond acceptors (Lipinski definition) is 5. The van der Waals surface area contributed by atoms with Crippen LogP contribution in [0.5, 0.6) is 0 Å². The van der Waals surface area contributed by atoms with Gasteiger partial charge in [0, 0.05) is 7.05 Å². The topological polar surface area (TPSA) is 80.9 Å². The summed E-state index contributed by atoms with van der Waals surface area (Å²) >= 11 is 0.278. The largest absolute Gasteiger partial charge is 0.481 e. The van der Waals surface area contributed by atoms with Gasteiger partial charge in [-0.2, -0.15) is 13.2 Å². The van der Waals surface area contributed by atoms with Gasteiger partial charge in [-0.1, -0.05) is 11.8 Å². The minimum absolute atomic E-state index is 0.0800. The van der Waals surface area contributed by atoms with E-state index in [9.17, 15) is 18.0 Å². The number of tetrazole rings is 1. The highest BCUT2D eigenvalue weighted by atomic mass is 32.2. The molecule has 0 aromatic carbocycles. The standard InChI is InChI=1S/C6H7F3N4O2S/c1-13-5(10-11-12-13)16-3(2-4(14)15)6(7,8)9/h3H,2H2,1H3,(H,14,15). The number of nitrogens with zero attached hydrogens (tertiary/aromatic N) is 4. The average molecular weight is 256 g/mol. The highest BCUT2D eigenvalue weighted by molar-refractivity contribution is 7.99. The molecule has 1 N–H and O–H groups in total. The molecule has 0 bridgehead atoms. The minimum atomic E-state index is -4.62. The number of aromatic nitrogens is 4. The van der Waals surface area contributed by atoms with E-state index in [2.05, 4.69) is 15.5 Å². The van der Waals surface area contributed by atoms with Gasteiger partial charge in [0.05, 0.1) is 6.42 Å². The first-order valence-corrected chi connectivity index (χ1v) is 4.86. The molecule has 0 radical (unpaired) electrons. The number of thioether (sulfide) groups is 1. The summed E-state index contributed by atoms with van der Waals surface area (Å²) in [7, 11) is 1.37. The number of rotatable bonds is 4. The normalized spacial score (nSPS) is 13.8. The van der Waals surface area contributed by atoms with Crippen molar-refractivity contribution in [2.45, 2.75) is 23.0 Å². The van der Waals surface area contributed by atoms with Crippen molar-refractivity contribution >= 4 is 17.7 Å². The minimum Gasteiger partial charge on any atom is -0.481 e. The van der Waals surface area contributed by atoms with E-state index in [1.807, 2.05) is 0 Å². The van der Waals surface area contributed by atoms with Gasteiger partial charge < -0.3 is 5.11 Å². The smallest absolute Gasteiger partial charge is 0.401 e. The van der Waals surface area contributed by atoms with Gasteiger partial charge >= 0.3 is 12.1 Å². The van der Waals surface area contributed by atoms with E-state index in [0.29, 0.717) is 0 Å². The van der Waals surface area contributed by atoms with E-state index in [0.717, 1.165) is 4.68 Å². The van der Waals surface area contributed by atoms with Crippen molar-refractivity contribution in [2.24, 2.45) is 7.05 Å². The van der Waals surface area contributed by atoms with Gasteiger partial charge in [0.15, 0.2) is 0 Å². The lowest BCUT2D eigenvalue weighted by Crippen LogP contribution is -2.28. The third kappa shape index (κ3) is 3.36. The van der Waals surface area contributed by atoms with Crippen LogP contribution in [0.2, 0.25) is 0 Å². The van der Waals surface area contributed by atoms with Gasteiger partial charge in [0.1, 0.15) is 5.25 Å². The fourth-order valence-electron chi connectivity index (χ4n) is 0.831. The summed E-state index contributed by atoms with van der Waals surface area (Å²) < 4.78 is 38.4. The molecule has 0 saturated carbocycles. The van der Waals surface area contributed by atoms with Gasteiger partial charge in [0.2, 0.25) is 5.16 Å². The first-order valence-electron chi connectivity index (χ1n) is 3.98. The van der Waals surface area contributed by atoms with Crippen molar-refractivity contribution in [2.75, 3.05) is 0 Å². The van der Waals surface area contributed by atoms with Crippen LogP contribution in [0.25, 0.3) is 0 Å². The zero-order valence-electron chi connectivity index (χ0n) is 7.97. The maximum atomic E-state index is 12.4. The van der Waals surface area contributed by atoms with E-state index in [-0.39, 0.29) is 16.9 Å². The molecule has 1 aromatic rings. The lowest BCUT2D eigenvalue weighted by Gasteiger charge is -2.16. The predicted octanol–water partition coefficient (Wildman–Crippen LogP) is 0.708. The van der Waals surface area contributed by atoms with E-state index in [1.165, 1.54) is 7.05 Å². The Kier molecular flexibility index (Phi) is 3.73. The van der Waals surface area contributed by atoms with Crippen LogP contribution in [-0.4, -0.2) is 42.7 Å². The summed E-state index contributed by atoms with van der Waals surface area (Å²) in [4.78, 5) is 10.3. The van der Waals surface area contributed by atoms with Crippen molar-refractivity contribution < 1.29 is 23.1 Å². The molecule has 1 heterocycles. The maximum absolute atomic E-state index is 12.4. The first-order chi connectivity index (χ1) is 7.30. The quantitative estimate of drug-likeness (QED) is 0.799. The van der Waals surface area contributed by atoms with Crippen molar-refractivity contribution in [3.05, 3.63) is 0 Å². The number of carbonyl (C=O) groups is 1. The molecule has 1 aromatic heterocycles. The van der Waals surface area contributed by atoms with Crippen LogP contribution in [0.15, 0.2) is 5.16 Å². The maximum Gasteiger partial charge on any atom is 0.401 e. The summed E-state index contributed by atoms with van der Waals surface area (Å²) in [6, 6.07) is 0. The molecule has 6 nitrogen and oxygen atoms in total. The van der Waals surface area contributed by atoms with E-state index >= 15 is 0 Å². The molecule has 1 atom stereocenters. The molecule has 0 aliphatic heterocycles. The Bertz CT molecular complexity index is 380. The molecule has 0 aliphatic carbocycles. The molecule has 0 spiro atoms. The lowest BCUT2D eigenvalue weighted by atomic mass is 10.3. The summed E-state index contributed by atoms with van der Waals surface area (Å²) in [6.07, 6.45) is -5.64. The van der Waals surface area contributed by atoms with E-state index in [4.69, 9.17) is 5.11 Å². The van der Waals surface area contributed by atoms with Crippen LogP contribution in [0, 0.1) is 0 Å². The highest BCUT2D eigenvalue weighted by Gasteiger charge is 2.42. The fraction of sp³-hybridized carbons (Fsp3) is 0.667. The van der Waals surface area contributed by atoms with Crippen LogP contribution in [0.3, 0.4) is 0 Å². The van der Waals surface area contributed by atoms with Crippen LogP contribution < -0.4 is 0 Å². The molecule has 16 heavy (non-hydrogen) atoms. The summed E-state index contributed by atoms with van der Waals surface area (Å²) in [6.45, 7) is 0. The second-order valence-electron chi connectivity index (χ2n) is 2.83. The third-order valence-corrected chi connectivity index (χ3v) is 2.83. The van der Waals surface area contributed by atoms with Gasteiger partial charge in [-0.25, -0.2) is 4.68 Å². The summed E-state index contributed by atoms with van der Waals surface area (Å²) in [5, 5.41) is 16.1. The monoisotopic (exact) mass is 256 g/mol. The number of carboxylic acids is 1. The fourth-order valence-corrected chi connectivity index (χ4v) is 1.72. The second kappa shape index (κ2) is 4.68. The molecule has 0 saturated heterocycles. The average Bonchev–Trinajstić information content (AvgIpc) is 2.48. The summed E-state index contributed by atoms with van der Waals surface area (Å²) in [5.41, 5.74) is 0. The van der Waals surface area contributed by atoms with Crippen LogP contribution in [0.1, 0.15) is 6.42 Å². The van der Waals surface area contributed by atoms with Gasteiger partial charge in [0.25, 0.3) is 0 Å². The highest BCUT2D eigenvalue weighted by Crippen LogP contribution is 2.35. The van der Waals surface area contributed by atoms with Crippen LogP contribution in [0.4, 0.5) is 13.2 Å². The molecule has 90 valence electrons. The molecule has 0 amide bonds. The first kappa shape index (κ1) is 12.7. The van der Waals surface area contributed by atoms with Crippen LogP contribution >= 0.6 is 11.8 Å². The predicted molar refractivity (Wildman–Crippen MR) is 46.8 cm³/mol.